The van der Waals surface area contributed by atoms with Crippen molar-refractivity contribution in [2.24, 2.45) is 11.7 Å². The Morgan fingerprint density at radius 1 is 1.38 bits per heavy atom. The first kappa shape index (κ1) is 17.1. The highest BCUT2D eigenvalue weighted by atomic mass is 32.1. The molecule has 2 unspecified atom stereocenters. The van der Waals surface area contributed by atoms with Gasteiger partial charge in [-0.15, -0.1) is 11.3 Å². The Hall–Kier alpha value is -1.72. The molecule has 2 atom stereocenters. The molecule has 2 aromatic rings. The number of carbonyl (C=O) groups excluding carboxylic acids is 1. The van der Waals surface area contributed by atoms with Gasteiger partial charge in [-0.2, -0.15) is 0 Å². The van der Waals surface area contributed by atoms with Gasteiger partial charge in [-0.1, -0.05) is 12.1 Å². The zero-order chi connectivity index (χ0) is 17.3. The number of aryl methyl sites for hydroxylation is 1. The van der Waals surface area contributed by atoms with E-state index in [-0.39, 0.29) is 17.8 Å². The number of nitrogens with two attached hydrogens (primary N) is 1. The van der Waals surface area contributed by atoms with Crippen LogP contribution in [-0.4, -0.2) is 29.9 Å². The molecule has 0 radical (unpaired) electrons. The lowest BCUT2D eigenvalue weighted by Gasteiger charge is -2.34. The van der Waals surface area contributed by atoms with Crippen molar-refractivity contribution in [1.29, 1.82) is 0 Å². The number of thiophene rings is 1. The lowest BCUT2D eigenvalue weighted by Crippen LogP contribution is -2.44. The Bertz CT molecular complexity index is 723. The molecule has 0 saturated carbocycles. The van der Waals surface area contributed by atoms with Crippen LogP contribution in [0, 0.1) is 18.7 Å². The van der Waals surface area contributed by atoms with E-state index in [1.807, 2.05) is 24.8 Å². The third-order valence-electron chi connectivity index (χ3n) is 4.72. The molecule has 1 aromatic carbocycles. The molecule has 2 N–H and O–H groups in total. The van der Waals surface area contributed by atoms with Crippen molar-refractivity contribution < 1.29 is 9.18 Å². The van der Waals surface area contributed by atoms with E-state index in [9.17, 15) is 9.18 Å². The highest BCUT2D eigenvalue weighted by Gasteiger charge is 2.27. The number of rotatable bonds is 3. The Balaban J connectivity index is 1.81. The van der Waals surface area contributed by atoms with E-state index in [0.29, 0.717) is 5.92 Å². The maximum atomic E-state index is 13.1. The molecule has 5 heteroatoms. The predicted molar refractivity (Wildman–Crippen MR) is 96.7 cm³/mol. The summed E-state index contributed by atoms with van der Waals surface area (Å²) in [6, 6.07) is 8.48. The van der Waals surface area contributed by atoms with Gasteiger partial charge in [-0.3, -0.25) is 4.79 Å². The van der Waals surface area contributed by atoms with Crippen molar-refractivity contribution in [2.45, 2.75) is 32.7 Å². The Morgan fingerprint density at radius 3 is 2.75 bits per heavy atom. The summed E-state index contributed by atoms with van der Waals surface area (Å²) in [4.78, 5) is 16.6. The molecule has 24 heavy (non-hydrogen) atoms. The summed E-state index contributed by atoms with van der Waals surface area (Å²) in [5.41, 5.74) is 8.02. The minimum atomic E-state index is -0.250. The molecule has 1 saturated heterocycles. The van der Waals surface area contributed by atoms with E-state index < -0.39 is 0 Å². The number of likely N-dealkylation sites (tertiary alicyclic amines) is 1. The second-order valence-electron chi connectivity index (χ2n) is 6.64. The fourth-order valence-electron chi connectivity index (χ4n) is 3.25. The lowest BCUT2D eigenvalue weighted by atomic mass is 9.92. The lowest BCUT2D eigenvalue weighted by molar-refractivity contribution is 0.0666. The van der Waals surface area contributed by atoms with Crippen LogP contribution in [-0.2, 0) is 0 Å². The maximum Gasteiger partial charge on any atom is 0.263 e. The van der Waals surface area contributed by atoms with E-state index >= 15 is 0 Å². The van der Waals surface area contributed by atoms with Gasteiger partial charge >= 0.3 is 0 Å². The van der Waals surface area contributed by atoms with Crippen molar-refractivity contribution in [3.63, 3.8) is 0 Å². The Labute approximate surface area is 146 Å². The topological polar surface area (TPSA) is 46.3 Å². The highest BCUT2D eigenvalue weighted by Crippen LogP contribution is 2.33. The van der Waals surface area contributed by atoms with Crippen molar-refractivity contribution in [3.05, 3.63) is 46.6 Å². The summed E-state index contributed by atoms with van der Waals surface area (Å²) < 4.78 is 13.1. The van der Waals surface area contributed by atoms with E-state index in [4.69, 9.17) is 5.73 Å². The second-order valence-corrected chi connectivity index (χ2v) is 7.69. The SMILES string of the molecule is Cc1cc(C(=O)N2CCCC(C(C)N)C2)sc1-c1ccc(F)cc1. The van der Waals surface area contributed by atoms with E-state index in [2.05, 4.69) is 0 Å². The van der Waals surface area contributed by atoms with Crippen LogP contribution in [0.3, 0.4) is 0 Å². The van der Waals surface area contributed by atoms with Gasteiger partial charge in [0.05, 0.1) is 4.88 Å². The van der Waals surface area contributed by atoms with Crippen molar-refractivity contribution in [2.75, 3.05) is 13.1 Å². The molecule has 0 bridgehead atoms. The van der Waals surface area contributed by atoms with Gasteiger partial charge in [-0.05, 0) is 61.9 Å². The molecule has 1 aliphatic rings. The summed E-state index contributed by atoms with van der Waals surface area (Å²) in [6.45, 7) is 5.54. The largest absolute Gasteiger partial charge is 0.338 e. The number of hydrogen-bond donors (Lipinski definition) is 1. The monoisotopic (exact) mass is 346 g/mol. The zero-order valence-electron chi connectivity index (χ0n) is 14.1. The van der Waals surface area contributed by atoms with Crippen LogP contribution in [0.15, 0.2) is 30.3 Å². The molecule has 0 aliphatic carbocycles. The number of benzene rings is 1. The number of halogens is 1. The minimum absolute atomic E-state index is 0.0850. The number of piperidine rings is 1. The summed E-state index contributed by atoms with van der Waals surface area (Å²) >= 11 is 1.48. The third kappa shape index (κ3) is 3.52. The minimum Gasteiger partial charge on any atom is -0.338 e. The molecule has 1 aromatic heterocycles. The molecular formula is C19H23FN2OS. The first-order valence-electron chi connectivity index (χ1n) is 8.37. The Kier molecular flexibility index (Phi) is 5.01. The van der Waals surface area contributed by atoms with Crippen molar-refractivity contribution in [1.82, 2.24) is 4.90 Å². The van der Waals surface area contributed by atoms with Crippen LogP contribution < -0.4 is 5.73 Å². The fourth-order valence-corrected chi connectivity index (χ4v) is 4.40. The summed E-state index contributed by atoms with van der Waals surface area (Å²) in [6.07, 6.45) is 2.10. The van der Waals surface area contributed by atoms with Crippen LogP contribution in [0.2, 0.25) is 0 Å². The number of amides is 1. The first-order valence-corrected chi connectivity index (χ1v) is 9.18. The quantitative estimate of drug-likeness (QED) is 0.911. The van der Waals surface area contributed by atoms with Crippen LogP contribution in [0.25, 0.3) is 10.4 Å². The van der Waals surface area contributed by atoms with Crippen LogP contribution >= 0.6 is 11.3 Å². The summed E-state index contributed by atoms with van der Waals surface area (Å²) in [7, 11) is 0. The summed E-state index contributed by atoms with van der Waals surface area (Å²) in [5, 5.41) is 0. The average molecular weight is 346 g/mol. The normalized spacial score (nSPS) is 19.3. The van der Waals surface area contributed by atoms with E-state index in [1.165, 1.54) is 23.5 Å². The average Bonchev–Trinajstić information content (AvgIpc) is 2.97. The molecule has 2 heterocycles. The second kappa shape index (κ2) is 7.03. The molecule has 1 aliphatic heterocycles. The number of carbonyl (C=O) groups is 1. The Morgan fingerprint density at radius 2 is 2.08 bits per heavy atom. The van der Waals surface area contributed by atoms with Gasteiger partial charge in [0.25, 0.3) is 5.91 Å². The number of hydrogen-bond acceptors (Lipinski definition) is 3. The number of nitrogens with zero attached hydrogens (tertiary/aromatic N) is 1. The van der Waals surface area contributed by atoms with Gasteiger partial charge < -0.3 is 10.6 Å². The van der Waals surface area contributed by atoms with E-state index in [1.54, 1.807) is 12.1 Å². The molecular weight excluding hydrogens is 323 g/mol. The van der Waals surface area contributed by atoms with Crippen LogP contribution in [0.1, 0.15) is 35.0 Å². The van der Waals surface area contributed by atoms with Gasteiger partial charge in [0.2, 0.25) is 0 Å². The molecule has 3 nitrogen and oxygen atoms in total. The molecule has 0 spiro atoms. The van der Waals surface area contributed by atoms with Crippen molar-refractivity contribution in [3.8, 4) is 10.4 Å². The summed E-state index contributed by atoms with van der Waals surface area (Å²) in [5.74, 6) is 0.210. The first-order chi connectivity index (χ1) is 11.5. The molecule has 1 fully saturated rings. The van der Waals surface area contributed by atoms with Crippen molar-refractivity contribution >= 4 is 17.2 Å². The van der Waals surface area contributed by atoms with Gasteiger partial charge in [0.1, 0.15) is 5.82 Å². The molecule has 1 amide bonds. The maximum absolute atomic E-state index is 13.1. The van der Waals surface area contributed by atoms with E-state index in [0.717, 1.165) is 46.8 Å². The van der Waals surface area contributed by atoms with Gasteiger partial charge in [0.15, 0.2) is 0 Å². The van der Waals surface area contributed by atoms with Gasteiger partial charge in [0, 0.05) is 24.0 Å². The van der Waals surface area contributed by atoms with Crippen LogP contribution in [0.4, 0.5) is 4.39 Å². The molecule has 128 valence electrons. The standard InChI is InChI=1S/C19H23FN2OS/c1-12-10-17(24-18(12)14-5-7-16(20)8-6-14)19(23)22-9-3-4-15(11-22)13(2)21/h5-8,10,13,15H,3-4,9,11,21H2,1-2H3. The zero-order valence-corrected chi connectivity index (χ0v) is 14.9. The third-order valence-corrected chi connectivity index (χ3v) is 6.00. The smallest absolute Gasteiger partial charge is 0.263 e. The van der Waals surface area contributed by atoms with Crippen LogP contribution in [0.5, 0.6) is 0 Å². The fraction of sp³-hybridized carbons (Fsp3) is 0.421. The predicted octanol–water partition coefficient (Wildman–Crippen LogP) is 4.06. The van der Waals surface area contributed by atoms with Gasteiger partial charge in [-0.25, -0.2) is 4.39 Å². The highest BCUT2D eigenvalue weighted by molar-refractivity contribution is 7.17. The molecule has 3 rings (SSSR count).